The van der Waals surface area contributed by atoms with E-state index in [4.69, 9.17) is 9.47 Å². The summed E-state index contributed by atoms with van der Waals surface area (Å²) in [6, 6.07) is 8.51. The molecule has 0 radical (unpaired) electrons. The highest BCUT2D eigenvalue weighted by Crippen LogP contribution is 2.35. The Bertz CT molecular complexity index is 900. The van der Waals surface area contributed by atoms with Gasteiger partial charge in [-0.2, -0.15) is 0 Å². The molecule has 1 saturated heterocycles. The molecule has 26 heavy (non-hydrogen) atoms. The van der Waals surface area contributed by atoms with Gasteiger partial charge in [-0.3, -0.25) is 0 Å². The van der Waals surface area contributed by atoms with E-state index in [0.29, 0.717) is 6.61 Å². The van der Waals surface area contributed by atoms with Gasteiger partial charge in [-0.15, -0.1) is 0 Å². The molecule has 0 amide bonds. The Kier molecular flexibility index (Phi) is 4.10. The van der Waals surface area contributed by atoms with E-state index >= 15 is 0 Å². The Morgan fingerprint density at radius 3 is 2.92 bits per heavy atom. The lowest BCUT2D eigenvalue weighted by molar-refractivity contribution is 0.122. The van der Waals surface area contributed by atoms with Gasteiger partial charge in [-0.05, 0) is 11.6 Å². The van der Waals surface area contributed by atoms with E-state index < -0.39 is 0 Å². The first-order chi connectivity index (χ1) is 12.9. The zero-order valence-corrected chi connectivity index (χ0v) is 15.2. The van der Waals surface area contributed by atoms with Crippen LogP contribution in [0.25, 0.3) is 10.7 Å². The zero-order chi connectivity index (χ0) is 17.3. The summed E-state index contributed by atoms with van der Waals surface area (Å²) in [5.74, 6) is 1.97. The lowest BCUT2D eigenvalue weighted by Gasteiger charge is -2.27. The number of aromatic nitrogens is 3. The number of hydrogen-bond acceptors (Lipinski definition) is 6. The molecule has 2 aliphatic heterocycles. The summed E-state index contributed by atoms with van der Waals surface area (Å²) in [5.41, 5.74) is 1.25. The average Bonchev–Trinajstić information content (AvgIpc) is 3.37. The van der Waals surface area contributed by atoms with Crippen LogP contribution in [0.5, 0.6) is 5.75 Å². The molecule has 7 heteroatoms. The number of fused-ring (bicyclic) bond motifs is 1. The lowest BCUT2D eigenvalue weighted by Crippen LogP contribution is -2.36. The topological polar surface area (TPSA) is 52.4 Å². The van der Waals surface area contributed by atoms with E-state index in [1.807, 2.05) is 30.7 Å². The highest BCUT2D eigenvalue weighted by molar-refractivity contribution is 7.18. The molecule has 0 aliphatic carbocycles. The summed E-state index contributed by atoms with van der Waals surface area (Å²) < 4.78 is 13.6. The number of nitrogens with zero attached hydrogens (tertiary/aromatic N) is 4. The van der Waals surface area contributed by atoms with Crippen LogP contribution in [-0.4, -0.2) is 47.4 Å². The van der Waals surface area contributed by atoms with Crippen LogP contribution in [0.4, 0.5) is 5.13 Å². The second-order valence-corrected chi connectivity index (χ2v) is 7.55. The van der Waals surface area contributed by atoms with Crippen LogP contribution in [0.2, 0.25) is 0 Å². The van der Waals surface area contributed by atoms with Gasteiger partial charge in [0.15, 0.2) is 11.0 Å². The number of hydrogen-bond donors (Lipinski definition) is 0. The number of ether oxygens (including phenoxy) is 2. The summed E-state index contributed by atoms with van der Waals surface area (Å²) in [5, 5.41) is 1.04. The molecule has 0 saturated carbocycles. The number of rotatable bonds is 3. The van der Waals surface area contributed by atoms with E-state index in [-0.39, 0.29) is 6.04 Å². The molecule has 134 valence electrons. The Morgan fingerprint density at radius 2 is 2.00 bits per heavy atom. The summed E-state index contributed by atoms with van der Waals surface area (Å²) in [7, 11) is 0. The predicted molar refractivity (Wildman–Crippen MR) is 101 cm³/mol. The maximum atomic E-state index is 5.97. The summed E-state index contributed by atoms with van der Waals surface area (Å²) in [6.45, 7) is 3.99. The van der Waals surface area contributed by atoms with Crippen LogP contribution in [0, 0.1) is 0 Å². The van der Waals surface area contributed by atoms with Crippen molar-refractivity contribution in [3.8, 4) is 16.5 Å². The number of anilines is 1. The molecule has 6 nitrogen and oxygen atoms in total. The van der Waals surface area contributed by atoms with Gasteiger partial charge in [0.1, 0.15) is 12.4 Å². The Labute approximate surface area is 156 Å². The van der Waals surface area contributed by atoms with Crippen molar-refractivity contribution < 1.29 is 9.47 Å². The summed E-state index contributed by atoms with van der Waals surface area (Å²) in [6.07, 6.45) is 6.80. The van der Waals surface area contributed by atoms with Crippen LogP contribution >= 0.6 is 11.3 Å². The van der Waals surface area contributed by atoms with Gasteiger partial charge in [-0.25, -0.2) is 9.97 Å². The molecular formula is C19H20N4O2S. The van der Waals surface area contributed by atoms with E-state index in [0.717, 1.165) is 54.3 Å². The van der Waals surface area contributed by atoms with Crippen LogP contribution in [-0.2, 0) is 11.2 Å². The molecular weight excluding hydrogens is 348 g/mol. The molecule has 5 rings (SSSR count). The molecule has 1 atom stereocenters. The van der Waals surface area contributed by atoms with E-state index in [2.05, 4.69) is 31.6 Å². The minimum atomic E-state index is 0.247. The number of thiazole rings is 1. The van der Waals surface area contributed by atoms with Crippen LogP contribution in [0.15, 0.2) is 42.9 Å². The van der Waals surface area contributed by atoms with Gasteiger partial charge in [0, 0.05) is 31.9 Å². The minimum absolute atomic E-state index is 0.247. The second kappa shape index (κ2) is 6.74. The third-order valence-electron chi connectivity index (χ3n) is 4.92. The third kappa shape index (κ3) is 2.87. The molecule has 3 aromatic rings. The van der Waals surface area contributed by atoms with Crippen molar-refractivity contribution in [3.63, 3.8) is 0 Å². The molecule has 2 aliphatic rings. The fourth-order valence-electron chi connectivity index (χ4n) is 3.56. The van der Waals surface area contributed by atoms with Crippen molar-refractivity contribution in [1.29, 1.82) is 0 Å². The standard InChI is InChI=1S/C19H20N4O2S/c1-2-4-16-14(3-1)11-15(13-25-16)23-6-5-20-18(23)17-12-21-19(26-17)22-7-9-24-10-8-22/h1-6,12,15H,7-11,13H2. The Hall–Kier alpha value is -2.38. The van der Waals surface area contributed by atoms with Gasteiger partial charge in [0.2, 0.25) is 0 Å². The lowest BCUT2D eigenvalue weighted by atomic mass is 10.0. The maximum absolute atomic E-state index is 5.97. The van der Waals surface area contributed by atoms with E-state index in [9.17, 15) is 0 Å². The third-order valence-corrected chi connectivity index (χ3v) is 5.97. The zero-order valence-electron chi connectivity index (χ0n) is 14.4. The molecule has 2 aromatic heterocycles. The SMILES string of the molecule is c1ccc2c(c1)CC(n1ccnc1-c1cnc(N3CCOCC3)s1)CO2. The predicted octanol–water partition coefficient (Wildman–Crippen LogP) is 3.02. The Balaban J connectivity index is 1.41. The molecule has 1 fully saturated rings. The van der Waals surface area contributed by atoms with E-state index in [1.54, 1.807) is 11.3 Å². The monoisotopic (exact) mass is 368 g/mol. The quantitative estimate of drug-likeness (QED) is 0.711. The number of benzene rings is 1. The van der Waals surface area contributed by atoms with Gasteiger partial charge < -0.3 is 18.9 Å². The van der Waals surface area contributed by atoms with Crippen LogP contribution in [0.3, 0.4) is 0 Å². The number of morpholine rings is 1. The average molecular weight is 368 g/mol. The summed E-state index contributed by atoms with van der Waals surface area (Å²) >= 11 is 1.70. The van der Waals surface area contributed by atoms with Crippen molar-refractivity contribution >= 4 is 16.5 Å². The smallest absolute Gasteiger partial charge is 0.186 e. The first kappa shape index (κ1) is 15.8. The van der Waals surface area contributed by atoms with Gasteiger partial charge in [0.05, 0.1) is 30.3 Å². The first-order valence-corrected chi connectivity index (χ1v) is 9.72. The minimum Gasteiger partial charge on any atom is -0.491 e. The maximum Gasteiger partial charge on any atom is 0.186 e. The van der Waals surface area contributed by atoms with Crippen molar-refractivity contribution in [2.75, 3.05) is 37.8 Å². The molecule has 1 aromatic carbocycles. The largest absolute Gasteiger partial charge is 0.491 e. The van der Waals surface area contributed by atoms with Gasteiger partial charge in [0.25, 0.3) is 0 Å². The number of para-hydroxylation sites is 1. The second-order valence-electron chi connectivity index (χ2n) is 6.54. The molecule has 1 unspecified atom stereocenters. The van der Waals surface area contributed by atoms with Crippen LogP contribution < -0.4 is 9.64 Å². The van der Waals surface area contributed by atoms with Gasteiger partial charge in [-0.1, -0.05) is 29.5 Å². The Morgan fingerprint density at radius 1 is 1.12 bits per heavy atom. The highest BCUT2D eigenvalue weighted by Gasteiger charge is 2.24. The highest BCUT2D eigenvalue weighted by atomic mass is 32.1. The molecule has 0 N–H and O–H groups in total. The van der Waals surface area contributed by atoms with Crippen molar-refractivity contribution in [2.24, 2.45) is 0 Å². The van der Waals surface area contributed by atoms with Crippen molar-refractivity contribution in [3.05, 3.63) is 48.4 Å². The first-order valence-electron chi connectivity index (χ1n) is 8.91. The molecule has 4 heterocycles. The van der Waals surface area contributed by atoms with Crippen LogP contribution in [0.1, 0.15) is 11.6 Å². The van der Waals surface area contributed by atoms with Crippen molar-refractivity contribution in [2.45, 2.75) is 12.5 Å². The summed E-state index contributed by atoms with van der Waals surface area (Å²) in [4.78, 5) is 12.6. The fraction of sp³-hybridized carbons (Fsp3) is 0.368. The van der Waals surface area contributed by atoms with Gasteiger partial charge >= 0.3 is 0 Å². The molecule has 0 bridgehead atoms. The van der Waals surface area contributed by atoms with Crippen molar-refractivity contribution in [1.82, 2.24) is 14.5 Å². The van der Waals surface area contributed by atoms with E-state index in [1.165, 1.54) is 5.56 Å². The fourth-order valence-corrected chi connectivity index (χ4v) is 4.53. The number of imidazole rings is 1. The normalized spacial score (nSPS) is 19.8. The molecule has 0 spiro atoms.